The van der Waals surface area contributed by atoms with E-state index in [2.05, 4.69) is 0 Å². The molecule has 0 heterocycles. The molecule has 114 valence electrons. The molecule has 1 N–H and O–H groups in total. The van der Waals surface area contributed by atoms with E-state index in [-0.39, 0.29) is 24.2 Å². The first-order chi connectivity index (χ1) is 10.5. The van der Waals surface area contributed by atoms with Crippen molar-refractivity contribution in [2.24, 2.45) is 0 Å². The number of carbonyl (C=O) groups excluding carboxylic acids is 1. The Morgan fingerprint density at radius 2 is 1.64 bits per heavy atom. The lowest BCUT2D eigenvalue weighted by atomic mass is 10.1. The third kappa shape index (κ3) is 3.88. The van der Waals surface area contributed by atoms with E-state index in [1.807, 2.05) is 0 Å². The quantitative estimate of drug-likeness (QED) is 0.923. The number of hydrogen-bond donors (Lipinski definition) is 1. The third-order valence-corrected chi connectivity index (χ3v) is 2.99. The number of hydrogen-bond acceptors (Lipinski definition) is 2. The average molecular weight is 305 g/mol. The zero-order valence-electron chi connectivity index (χ0n) is 11.5. The first-order valence-corrected chi connectivity index (χ1v) is 6.52. The van der Waals surface area contributed by atoms with Gasteiger partial charge in [0.2, 0.25) is 0 Å². The zero-order valence-corrected chi connectivity index (χ0v) is 11.5. The second-order valence-corrected chi connectivity index (χ2v) is 4.59. The molecule has 22 heavy (non-hydrogen) atoms. The van der Waals surface area contributed by atoms with Crippen molar-refractivity contribution in [2.45, 2.75) is 6.42 Å². The van der Waals surface area contributed by atoms with Crippen LogP contribution in [0.1, 0.15) is 16.8 Å². The predicted octanol–water partition coefficient (Wildman–Crippen LogP) is 3.09. The Morgan fingerprint density at radius 3 is 2.23 bits per heavy atom. The Labute approximate surface area is 125 Å². The Bertz CT molecular complexity index is 703. The van der Waals surface area contributed by atoms with Crippen LogP contribution < -0.4 is 4.90 Å². The van der Waals surface area contributed by atoms with Crippen LogP contribution in [0.15, 0.2) is 48.5 Å². The largest absolute Gasteiger partial charge is 0.481 e. The molecule has 2 aromatic carbocycles. The van der Waals surface area contributed by atoms with Crippen molar-refractivity contribution in [1.29, 1.82) is 0 Å². The monoisotopic (exact) mass is 305 g/mol. The summed E-state index contributed by atoms with van der Waals surface area (Å²) in [6.07, 6.45) is -0.308. The van der Waals surface area contributed by atoms with Crippen LogP contribution in [0.5, 0.6) is 0 Å². The lowest BCUT2D eigenvalue weighted by Gasteiger charge is -2.22. The predicted molar refractivity (Wildman–Crippen MR) is 76.7 cm³/mol. The highest BCUT2D eigenvalue weighted by molar-refractivity contribution is 6.06. The smallest absolute Gasteiger partial charge is 0.305 e. The molecule has 0 saturated carbocycles. The van der Waals surface area contributed by atoms with Gasteiger partial charge in [-0.15, -0.1) is 0 Å². The number of rotatable bonds is 5. The van der Waals surface area contributed by atoms with Gasteiger partial charge < -0.3 is 10.0 Å². The molecule has 0 spiro atoms. The molecule has 0 radical (unpaired) electrons. The summed E-state index contributed by atoms with van der Waals surface area (Å²) >= 11 is 0. The molecular weight excluding hydrogens is 292 g/mol. The van der Waals surface area contributed by atoms with Gasteiger partial charge in [-0.25, -0.2) is 8.78 Å². The number of benzene rings is 2. The fourth-order valence-electron chi connectivity index (χ4n) is 1.98. The molecule has 1 amide bonds. The van der Waals surface area contributed by atoms with E-state index in [0.29, 0.717) is 0 Å². The minimum Gasteiger partial charge on any atom is -0.481 e. The van der Waals surface area contributed by atoms with Gasteiger partial charge in [-0.3, -0.25) is 9.59 Å². The van der Waals surface area contributed by atoms with Crippen LogP contribution in [-0.4, -0.2) is 23.5 Å². The van der Waals surface area contributed by atoms with Crippen molar-refractivity contribution < 1.29 is 23.5 Å². The molecule has 6 heteroatoms. The number of carbonyl (C=O) groups is 2. The van der Waals surface area contributed by atoms with Gasteiger partial charge >= 0.3 is 5.97 Å². The second-order valence-electron chi connectivity index (χ2n) is 4.59. The van der Waals surface area contributed by atoms with Crippen LogP contribution in [0.25, 0.3) is 0 Å². The second kappa shape index (κ2) is 6.80. The molecule has 2 aromatic rings. The Hall–Kier alpha value is -2.76. The Balaban J connectivity index is 2.35. The summed E-state index contributed by atoms with van der Waals surface area (Å²) in [4.78, 5) is 24.3. The summed E-state index contributed by atoms with van der Waals surface area (Å²) in [7, 11) is 0. The maximum atomic E-state index is 13.3. The average Bonchev–Trinajstić information content (AvgIpc) is 2.47. The van der Waals surface area contributed by atoms with Crippen molar-refractivity contribution in [1.82, 2.24) is 0 Å². The Kier molecular flexibility index (Phi) is 4.83. The number of aliphatic carboxylic acids is 1. The third-order valence-electron chi connectivity index (χ3n) is 2.99. The van der Waals surface area contributed by atoms with Gasteiger partial charge in [-0.1, -0.05) is 12.1 Å². The van der Waals surface area contributed by atoms with E-state index in [1.165, 1.54) is 36.4 Å². The van der Waals surface area contributed by atoms with E-state index in [9.17, 15) is 18.4 Å². The summed E-state index contributed by atoms with van der Waals surface area (Å²) in [5, 5.41) is 8.79. The van der Waals surface area contributed by atoms with Gasteiger partial charge in [-0.2, -0.15) is 0 Å². The topological polar surface area (TPSA) is 57.6 Å². The molecule has 0 aromatic heterocycles. The van der Waals surface area contributed by atoms with Crippen LogP contribution in [0.2, 0.25) is 0 Å². The maximum absolute atomic E-state index is 13.3. The highest BCUT2D eigenvalue weighted by Gasteiger charge is 2.19. The van der Waals surface area contributed by atoms with Crippen LogP contribution in [0, 0.1) is 11.6 Å². The summed E-state index contributed by atoms with van der Waals surface area (Å²) in [6, 6.07) is 10.3. The minimum atomic E-state index is -1.09. The van der Waals surface area contributed by atoms with Crippen molar-refractivity contribution >= 4 is 17.6 Å². The number of amides is 1. The van der Waals surface area contributed by atoms with Crippen LogP contribution in [-0.2, 0) is 4.79 Å². The summed E-state index contributed by atoms with van der Waals surface area (Å²) in [6.45, 7) is -0.145. The van der Waals surface area contributed by atoms with Gasteiger partial charge in [0.1, 0.15) is 11.6 Å². The van der Waals surface area contributed by atoms with E-state index in [4.69, 9.17) is 5.11 Å². The summed E-state index contributed by atoms with van der Waals surface area (Å²) in [5.41, 5.74) is 0.283. The molecule has 2 rings (SSSR count). The lowest BCUT2D eigenvalue weighted by Crippen LogP contribution is -2.33. The van der Waals surface area contributed by atoms with E-state index >= 15 is 0 Å². The molecule has 0 fully saturated rings. The molecular formula is C16H13F2NO3. The Morgan fingerprint density at radius 1 is 1.00 bits per heavy atom. The normalized spacial score (nSPS) is 10.3. The summed E-state index contributed by atoms with van der Waals surface area (Å²) in [5.74, 6) is -2.81. The van der Waals surface area contributed by atoms with E-state index in [1.54, 1.807) is 0 Å². The van der Waals surface area contributed by atoms with E-state index in [0.717, 1.165) is 17.0 Å². The molecule has 0 saturated heterocycles. The first kappa shape index (κ1) is 15.6. The first-order valence-electron chi connectivity index (χ1n) is 6.52. The molecule has 4 nitrogen and oxygen atoms in total. The van der Waals surface area contributed by atoms with Gasteiger partial charge in [0.05, 0.1) is 6.42 Å². The number of carboxylic acid groups (broad SMARTS) is 1. The SMILES string of the molecule is O=C(O)CCN(C(=O)c1cccc(F)c1)c1cccc(F)c1. The molecule has 0 atom stereocenters. The standard InChI is InChI=1S/C16H13F2NO3/c17-12-4-1-3-11(9-12)16(22)19(8-7-15(20)21)14-6-2-5-13(18)10-14/h1-6,9-10H,7-8H2,(H,20,21). The number of halogens is 2. The number of nitrogens with zero attached hydrogens (tertiary/aromatic N) is 1. The van der Waals surface area contributed by atoms with Crippen LogP contribution >= 0.6 is 0 Å². The van der Waals surface area contributed by atoms with Gasteiger partial charge in [0.25, 0.3) is 5.91 Å². The van der Waals surface area contributed by atoms with Gasteiger partial charge in [0, 0.05) is 17.8 Å². The fourth-order valence-corrected chi connectivity index (χ4v) is 1.98. The van der Waals surface area contributed by atoms with Crippen molar-refractivity contribution in [3.63, 3.8) is 0 Å². The molecule has 0 aliphatic heterocycles. The molecule has 0 aliphatic rings. The summed E-state index contributed by atoms with van der Waals surface area (Å²) < 4.78 is 26.6. The highest BCUT2D eigenvalue weighted by Crippen LogP contribution is 2.19. The van der Waals surface area contributed by atoms with Crippen molar-refractivity contribution in [3.05, 3.63) is 65.7 Å². The zero-order chi connectivity index (χ0) is 16.1. The van der Waals surface area contributed by atoms with Crippen molar-refractivity contribution in [2.75, 3.05) is 11.4 Å². The molecule has 0 bridgehead atoms. The van der Waals surface area contributed by atoms with Gasteiger partial charge in [0.15, 0.2) is 0 Å². The lowest BCUT2D eigenvalue weighted by molar-refractivity contribution is -0.136. The van der Waals surface area contributed by atoms with Crippen molar-refractivity contribution in [3.8, 4) is 0 Å². The number of anilines is 1. The molecule has 0 aliphatic carbocycles. The highest BCUT2D eigenvalue weighted by atomic mass is 19.1. The molecule has 0 unspecified atom stereocenters. The fraction of sp³-hybridized carbons (Fsp3) is 0.125. The minimum absolute atomic E-state index is 0.0645. The number of carboxylic acids is 1. The van der Waals surface area contributed by atoms with Crippen LogP contribution in [0.3, 0.4) is 0 Å². The van der Waals surface area contributed by atoms with E-state index < -0.39 is 23.5 Å². The maximum Gasteiger partial charge on any atom is 0.305 e. The van der Waals surface area contributed by atoms with Gasteiger partial charge in [-0.05, 0) is 36.4 Å². The van der Waals surface area contributed by atoms with Crippen LogP contribution in [0.4, 0.5) is 14.5 Å².